The molecule has 3 aromatic rings. The van der Waals surface area contributed by atoms with Crippen molar-refractivity contribution in [2.45, 2.75) is 26.7 Å². The maximum Gasteiger partial charge on any atom is 0.311 e. The average molecular weight is 456 g/mol. The molecule has 2 aromatic carbocycles. The van der Waals surface area contributed by atoms with Crippen LogP contribution >= 0.6 is 15.9 Å². The van der Waals surface area contributed by atoms with Gasteiger partial charge in [-0.25, -0.2) is 0 Å². The number of ketones is 1. The van der Waals surface area contributed by atoms with Crippen molar-refractivity contribution in [3.05, 3.63) is 69.8 Å². The summed E-state index contributed by atoms with van der Waals surface area (Å²) in [6.07, 6.45) is 0.0728. The molecule has 0 spiro atoms. The summed E-state index contributed by atoms with van der Waals surface area (Å²) in [7, 11) is 1.30. The molecule has 0 aliphatic rings. The van der Waals surface area contributed by atoms with Gasteiger partial charge in [0.05, 0.1) is 30.5 Å². The number of nitrogens with zero attached hydrogens (tertiary/aromatic N) is 1. The van der Waals surface area contributed by atoms with Crippen LogP contribution in [0.3, 0.4) is 0 Å². The van der Waals surface area contributed by atoms with Gasteiger partial charge in [0.1, 0.15) is 5.75 Å². The lowest BCUT2D eigenvalue weighted by molar-refractivity contribution is -0.139. The van der Waals surface area contributed by atoms with Crippen molar-refractivity contribution in [2.24, 2.45) is 0 Å². The first-order chi connectivity index (χ1) is 13.9. The summed E-state index contributed by atoms with van der Waals surface area (Å²) in [6, 6.07) is 15.2. The lowest BCUT2D eigenvalue weighted by Crippen LogP contribution is -2.10. The third kappa shape index (κ3) is 4.12. The molecule has 0 unspecified atom stereocenters. The van der Waals surface area contributed by atoms with Crippen molar-refractivity contribution in [2.75, 3.05) is 7.11 Å². The predicted octanol–water partition coefficient (Wildman–Crippen LogP) is 5.23. The SMILES string of the molecule is CCC(=O)c1c(O)c(CC(=O)OC)n(-c2ccc(C)cc2)c1-c1ccc(Br)cc1. The van der Waals surface area contributed by atoms with Crippen molar-refractivity contribution in [3.63, 3.8) is 0 Å². The Kier molecular flexibility index (Phi) is 6.23. The highest BCUT2D eigenvalue weighted by Gasteiger charge is 2.29. The molecule has 1 aromatic heterocycles. The maximum absolute atomic E-state index is 12.8. The maximum atomic E-state index is 12.8. The molecule has 1 N–H and O–H groups in total. The highest BCUT2D eigenvalue weighted by molar-refractivity contribution is 9.10. The number of aromatic hydroxyl groups is 1. The molecule has 0 aliphatic heterocycles. The number of ether oxygens (including phenoxy) is 1. The van der Waals surface area contributed by atoms with Gasteiger partial charge in [-0.2, -0.15) is 0 Å². The van der Waals surface area contributed by atoms with E-state index in [2.05, 4.69) is 15.9 Å². The molecule has 0 aliphatic carbocycles. The Balaban J connectivity index is 2.39. The Morgan fingerprint density at radius 3 is 2.24 bits per heavy atom. The summed E-state index contributed by atoms with van der Waals surface area (Å²) in [5.41, 5.74) is 3.69. The van der Waals surface area contributed by atoms with Gasteiger partial charge in [-0.15, -0.1) is 0 Å². The molecular weight excluding hydrogens is 434 g/mol. The summed E-state index contributed by atoms with van der Waals surface area (Å²) >= 11 is 3.43. The lowest BCUT2D eigenvalue weighted by Gasteiger charge is -2.14. The summed E-state index contributed by atoms with van der Waals surface area (Å²) in [5, 5.41) is 11.0. The van der Waals surface area contributed by atoms with Crippen molar-refractivity contribution < 1.29 is 19.4 Å². The van der Waals surface area contributed by atoms with Gasteiger partial charge in [-0.05, 0) is 36.8 Å². The minimum atomic E-state index is -0.496. The number of rotatable bonds is 6. The molecule has 0 radical (unpaired) electrons. The van der Waals surface area contributed by atoms with E-state index in [4.69, 9.17) is 4.74 Å². The number of aryl methyl sites for hydroxylation is 1. The molecule has 3 rings (SSSR count). The second kappa shape index (κ2) is 8.66. The van der Waals surface area contributed by atoms with Crippen LogP contribution in [0.1, 0.15) is 35.0 Å². The van der Waals surface area contributed by atoms with Crippen molar-refractivity contribution >= 4 is 27.7 Å². The quantitative estimate of drug-likeness (QED) is 0.408. The summed E-state index contributed by atoms with van der Waals surface area (Å²) < 4.78 is 7.50. The molecule has 0 saturated heterocycles. The van der Waals surface area contributed by atoms with Crippen LogP contribution in [0.5, 0.6) is 5.75 Å². The number of hydrogen-bond acceptors (Lipinski definition) is 4. The second-order valence-electron chi connectivity index (χ2n) is 6.73. The fourth-order valence-electron chi connectivity index (χ4n) is 3.28. The Bertz CT molecular complexity index is 1050. The first kappa shape index (κ1) is 20.9. The number of carbonyl (C=O) groups excluding carboxylic acids is 2. The van der Waals surface area contributed by atoms with Crippen LogP contribution < -0.4 is 0 Å². The Morgan fingerprint density at radius 2 is 1.69 bits per heavy atom. The first-order valence-corrected chi connectivity index (χ1v) is 10.1. The fourth-order valence-corrected chi connectivity index (χ4v) is 3.55. The van der Waals surface area contributed by atoms with E-state index in [9.17, 15) is 14.7 Å². The Hall–Kier alpha value is -2.86. The van der Waals surface area contributed by atoms with Crippen molar-refractivity contribution in [3.8, 4) is 22.7 Å². The lowest BCUT2D eigenvalue weighted by atomic mass is 10.0. The van der Waals surface area contributed by atoms with E-state index in [1.165, 1.54) is 7.11 Å². The van der Waals surface area contributed by atoms with Crippen molar-refractivity contribution in [1.29, 1.82) is 0 Å². The smallest absolute Gasteiger partial charge is 0.311 e. The minimum Gasteiger partial charge on any atom is -0.505 e. The summed E-state index contributed by atoms with van der Waals surface area (Å²) in [6.45, 7) is 3.73. The number of aromatic nitrogens is 1. The van der Waals surface area contributed by atoms with E-state index in [0.29, 0.717) is 11.4 Å². The molecule has 0 atom stereocenters. The molecule has 0 fully saturated rings. The van der Waals surface area contributed by atoms with Crippen LogP contribution in [0.15, 0.2) is 53.0 Å². The zero-order chi connectivity index (χ0) is 21.1. The molecule has 5 nitrogen and oxygen atoms in total. The van der Waals surface area contributed by atoms with E-state index >= 15 is 0 Å². The van der Waals surface area contributed by atoms with E-state index in [1.54, 1.807) is 11.5 Å². The zero-order valence-corrected chi connectivity index (χ0v) is 18.1. The number of Topliss-reactive ketones (excluding diaryl/α,β-unsaturated/α-hetero) is 1. The molecule has 150 valence electrons. The van der Waals surface area contributed by atoms with Crippen LogP contribution in [0.25, 0.3) is 16.9 Å². The minimum absolute atomic E-state index is 0.156. The Morgan fingerprint density at radius 1 is 1.07 bits per heavy atom. The van der Waals surface area contributed by atoms with Gasteiger partial charge in [-0.3, -0.25) is 9.59 Å². The molecule has 0 bridgehead atoms. The normalized spacial score (nSPS) is 10.8. The van der Waals surface area contributed by atoms with Gasteiger partial charge in [0.15, 0.2) is 5.78 Å². The number of esters is 1. The van der Waals surface area contributed by atoms with Crippen LogP contribution in [-0.2, 0) is 16.0 Å². The van der Waals surface area contributed by atoms with Gasteiger partial charge in [0.25, 0.3) is 0 Å². The molecule has 6 heteroatoms. The second-order valence-corrected chi connectivity index (χ2v) is 7.64. The zero-order valence-electron chi connectivity index (χ0n) is 16.5. The standard InChI is InChI=1S/C23H22BrNO4/c1-4-19(26)21-22(15-7-9-16(24)10-8-15)25(17-11-5-14(2)6-12-17)18(23(21)28)13-20(27)29-3/h5-12,28H,4,13H2,1-3H3. The number of halogens is 1. The van der Waals surface area contributed by atoms with Crippen LogP contribution in [0.2, 0.25) is 0 Å². The largest absolute Gasteiger partial charge is 0.505 e. The molecule has 1 heterocycles. The topological polar surface area (TPSA) is 68.5 Å². The molecular formula is C23H22BrNO4. The number of methoxy groups -OCH3 is 1. The third-order valence-electron chi connectivity index (χ3n) is 4.79. The summed E-state index contributed by atoms with van der Waals surface area (Å²) in [4.78, 5) is 24.9. The van der Waals surface area contributed by atoms with Gasteiger partial charge in [0, 0.05) is 16.6 Å². The molecule has 0 saturated carbocycles. The van der Waals surface area contributed by atoms with Crippen molar-refractivity contribution in [1.82, 2.24) is 4.57 Å². The fraction of sp³-hybridized carbons (Fsp3) is 0.217. The Labute approximate surface area is 178 Å². The molecule has 29 heavy (non-hydrogen) atoms. The van der Waals surface area contributed by atoms with Crippen LogP contribution in [-0.4, -0.2) is 28.5 Å². The summed E-state index contributed by atoms with van der Waals surface area (Å²) in [5.74, 6) is -0.873. The molecule has 0 amide bonds. The van der Waals surface area contributed by atoms with Gasteiger partial charge >= 0.3 is 5.97 Å². The van der Waals surface area contributed by atoms with Gasteiger partial charge in [0.2, 0.25) is 0 Å². The number of carbonyl (C=O) groups is 2. The van der Waals surface area contributed by atoms with E-state index in [0.717, 1.165) is 21.3 Å². The van der Waals surface area contributed by atoms with E-state index in [1.807, 2.05) is 55.5 Å². The van der Waals surface area contributed by atoms with Gasteiger partial charge < -0.3 is 14.4 Å². The number of benzene rings is 2. The van der Waals surface area contributed by atoms with Gasteiger partial charge in [-0.1, -0.05) is 52.7 Å². The first-order valence-electron chi connectivity index (χ1n) is 9.26. The van der Waals surface area contributed by atoms with E-state index in [-0.39, 0.29) is 29.9 Å². The van der Waals surface area contributed by atoms with Crippen LogP contribution in [0, 0.1) is 6.92 Å². The predicted molar refractivity (Wildman–Crippen MR) is 116 cm³/mol. The number of hydrogen-bond donors (Lipinski definition) is 1. The van der Waals surface area contributed by atoms with Crippen LogP contribution in [0.4, 0.5) is 0 Å². The average Bonchev–Trinajstić information content (AvgIpc) is 3.00. The third-order valence-corrected chi connectivity index (χ3v) is 5.32. The highest BCUT2D eigenvalue weighted by atomic mass is 79.9. The highest BCUT2D eigenvalue weighted by Crippen LogP contribution is 2.40. The van der Waals surface area contributed by atoms with E-state index < -0.39 is 5.97 Å². The monoisotopic (exact) mass is 455 g/mol.